The summed E-state index contributed by atoms with van der Waals surface area (Å²) in [4.78, 5) is 25.5. The van der Waals surface area contributed by atoms with Gasteiger partial charge in [0.1, 0.15) is 11.4 Å². The van der Waals surface area contributed by atoms with Gasteiger partial charge in [0.25, 0.3) is 5.91 Å². The zero-order valence-electron chi connectivity index (χ0n) is 17.7. The van der Waals surface area contributed by atoms with Crippen molar-refractivity contribution in [3.63, 3.8) is 0 Å². The van der Waals surface area contributed by atoms with Gasteiger partial charge in [0.15, 0.2) is 0 Å². The third-order valence-corrected chi connectivity index (χ3v) is 5.70. The maximum Gasteiger partial charge on any atom is 0.416 e. The molecule has 0 aliphatic rings. The molecule has 0 spiro atoms. The molecule has 0 aliphatic heterocycles. The van der Waals surface area contributed by atoms with Gasteiger partial charge in [-0.05, 0) is 36.8 Å². The third kappa shape index (κ3) is 6.58. The highest BCUT2D eigenvalue weighted by Crippen LogP contribution is 2.32. The van der Waals surface area contributed by atoms with Crippen molar-refractivity contribution in [2.45, 2.75) is 25.4 Å². The van der Waals surface area contributed by atoms with E-state index in [2.05, 4.69) is 19.7 Å². The molecular formula is C22H20ClF3N4O2S. The molecule has 3 aromatic rings. The molecule has 1 N–H and O–H groups in total. The topological polar surface area (TPSA) is 77.0 Å². The summed E-state index contributed by atoms with van der Waals surface area (Å²) < 4.78 is 46.5. The van der Waals surface area contributed by atoms with E-state index in [4.69, 9.17) is 16.3 Å². The summed E-state index contributed by atoms with van der Waals surface area (Å²) in [6.45, 7) is 1.98. The quantitative estimate of drug-likeness (QED) is 0.314. The van der Waals surface area contributed by atoms with Crippen molar-refractivity contribution in [3.05, 3.63) is 70.8 Å². The molecule has 0 saturated carbocycles. The molecule has 33 heavy (non-hydrogen) atoms. The molecule has 1 aromatic carbocycles. The maximum absolute atomic E-state index is 12.9. The number of nitrogens with zero attached hydrogens (tertiary/aromatic N) is 3. The van der Waals surface area contributed by atoms with Gasteiger partial charge in [-0.2, -0.15) is 13.2 Å². The van der Waals surface area contributed by atoms with Gasteiger partial charge in [-0.1, -0.05) is 30.5 Å². The summed E-state index contributed by atoms with van der Waals surface area (Å²) in [6, 6.07) is 6.34. The zero-order valence-corrected chi connectivity index (χ0v) is 19.3. The Morgan fingerprint density at radius 3 is 2.61 bits per heavy atom. The second-order valence-electron chi connectivity index (χ2n) is 7.07. The zero-order chi connectivity index (χ0) is 24.0. The predicted octanol–water partition coefficient (Wildman–Crippen LogP) is 5.79. The van der Waals surface area contributed by atoms with Gasteiger partial charge in [0.2, 0.25) is 0 Å². The van der Waals surface area contributed by atoms with Crippen LogP contribution in [0.15, 0.2) is 48.9 Å². The average Bonchev–Trinajstić information content (AvgIpc) is 2.80. The van der Waals surface area contributed by atoms with E-state index in [1.165, 1.54) is 6.07 Å². The Morgan fingerprint density at radius 1 is 1.18 bits per heavy atom. The molecule has 0 fully saturated rings. The number of aromatic nitrogens is 3. The molecule has 2 aromatic heterocycles. The molecule has 174 valence electrons. The van der Waals surface area contributed by atoms with Gasteiger partial charge in [-0.25, -0.2) is 0 Å². The highest BCUT2D eigenvalue weighted by atomic mass is 35.5. The van der Waals surface area contributed by atoms with Crippen molar-refractivity contribution in [1.82, 2.24) is 19.7 Å². The minimum atomic E-state index is -4.59. The van der Waals surface area contributed by atoms with Gasteiger partial charge in [0, 0.05) is 34.7 Å². The molecule has 11 heteroatoms. The van der Waals surface area contributed by atoms with E-state index >= 15 is 0 Å². The Labute approximate surface area is 198 Å². The lowest BCUT2D eigenvalue weighted by Gasteiger charge is -2.14. The van der Waals surface area contributed by atoms with Gasteiger partial charge >= 0.3 is 6.18 Å². The fourth-order valence-electron chi connectivity index (χ4n) is 2.98. The highest BCUT2D eigenvalue weighted by molar-refractivity contribution is 7.97. The molecule has 1 unspecified atom stereocenters. The number of ether oxygens (including phenoxy) is 1. The lowest BCUT2D eigenvalue weighted by Crippen LogP contribution is -2.18. The fraction of sp³-hybridized carbons (Fsp3) is 0.273. The number of methoxy groups -OCH3 is 1. The van der Waals surface area contributed by atoms with Crippen molar-refractivity contribution in [2.24, 2.45) is 0 Å². The summed E-state index contributed by atoms with van der Waals surface area (Å²) in [6.07, 6.45) is 0.841. The first-order chi connectivity index (χ1) is 15.7. The number of alkyl halides is 3. The lowest BCUT2D eigenvalue weighted by atomic mass is 10.0. The Bertz CT molecular complexity index is 1110. The number of hydrogen-bond donors (Lipinski definition) is 1. The van der Waals surface area contributed by atoms with E-state index in [0.29, 0.717) is 29.3 Å². The van der Waals surface area contributed by atoms with E-state index in [0.717, 1.165) is 29.8 Å². The molecule has 1 amide bonds. The van der Waals surface area contributed by atoms with Gasteiger partial charge in [0.05, 0.1) is 30.3 Å². The van der Waals surface area contributed by atoms with Gasteiger partial charge < -0.3 is 4.74 Å². The lowest BCUT2D eigenvalue weighted by molar-refractivity contribution is -0.137. The summed E-state index contributed by atoms with van der Waals surface area (Å²) in [7, 11) is 1.56. The number of nitrogens with one attached hydrogen (secondary N) is 1. The van der Waals surface area contributed by atoms with Crippen LogP contribution in [0.5, 0.6) is 5.75 Å². The van der Waals surface area contributed by atoms with Crippen LogP contribution in [-0.2, 0) is 6.18 Å². The van der Waals surface area contributed by atoms with E-state index in [1.54, 1.807) is 37.8 Å². The van der Waals surface area contributed by atoms with E-state index in [1.807, 2.05) is 6.92 Å². The molecule has 0 aliphatic carbocycles. The van der Waals surface area contributed by atoms with Crippen LogP contribution in [0.4, 0.5) is 13.2 Å². The molecule has 0 radical (unpaired) electrons. The first-order valence-corrected chi connectivity index (χ1v) is 11.2. The van der Waals surface area contributed by atoms with Crippen molar-refractivity contribution >= 4 is 29.5 Å². The fourth-order valence-corrected chi connectivity index (χ4v) is 4.04. The summed E-state index contributed by atoms with van der Waals surface area (Å²) in [5.41, 5.74) is 0.943. The number of rotatable bonds is 8. The van der Waals surface area contributed by atoms with Crippen LogP contribution in [0.2, 0.25) is 5.02 Å². The summed E-state index contributed by atoms with van der Waals surface area (Å²) in [5.74, 6) is 0.478. The van der Waals surface area contributed by atoms with Crippen LogP contribution in [0.3, 0.4) is 0 Å². The number of halogens is 4. The average molecular weight is 497 g/mol. The number of pyridine rings is 1. The monoisotopic (exact) mass is 496 g/mol. The van der Waals surface area contributed by atoms with E-state index < -0.39 is 17.6 Å². The van der Waals surface area contributed by atoms with Gasteiger partial charge in [-0.3, -0.25) is 24.5 Å². The summed E-state index contributed by atoms with van der Waals surface area (Å²) in [5, 5.41) is -0.157. The van der Waals surface area contributed by atoms with Crippen molar-refractivity contribution < 1.29 is 22.7 Å². The second-order valence-corrected chi connectivity index (χ2v) is 8.41. The Balaban J connectivity index is 1.60. The van der Waals surface area contributed by atoms with E-state index in [9.17, 15) is 18.0 Å². The largest absolute Gasteiger partial charge is 0.495 e. The Kier molecular flexibility index (Phi) is 8.15. The van der Waals surface area contributed by atoms with Gasteiger partial charge in [-0.15, -0.1) is 0 Å². The Hall–Kier alpha value is -2.85. The van der Waals surface area contributed by atoms with Crippen molar-refractivity contribution in [2.75, 3.05) is 12.9 Å². The molecule has 6 nitrogen and oxygen atoms in total. The first kappa shape index (κ1) is 24.8. The minimum Gasteiger partial charge on any atom is -0.495 e. The van der Waals surface area contributed by atoms with Crippen LogP contribution < -0.4 is 9.46 Å². The number of amides is 1. The van der Waals surface area contributed by atoms with Crippen LogP contribution in [-0.4, -0.2) is 33.7 Å². The highest BCUT2D eigenvalue weighted by Gasteiger charge is 2.31. The molecule has 0 saturated heterocycles. The van der Waals surface area contributed by atoms with Crippen LogP contribution in [0.25, 0.3) is 11.4 Å². The minimum absolute atomic E-state index is 0.00925. The second kappa shape index (κ2) is 10.8. The van der Waals surface area contributed by atoms with E-state index in [-0.39, 0.29) is 16.5 Å². The normalized spacial score (nSPS) is 12.3. The van der Waals surface area contributed by atoms with Crippen molar-refractivity contribution in [3.8, 4) is 17.1 Å². The first-order valence-electron chi connectivity index (χ1n) is 9.80. The maximum atomic E-state index is 12.9. The van der Waals surface area contributed by atoms with Crippen LogP contribution in [0, 0.1) is 0 Å². The smallest absolute Gasteiger partial charge is 0.416 e. The van der Waals surface area contributed by atoms with Crippen LogP contribution in [0.1, 0.15) is 40.9 Å². The molecule has 2 heterocycles. The number of hydrogen-bond acceptors (Lipinski definition) is 6. The summed E-state index contributed by atoms with van der Waals surface area (Å²) >= 11 is 6.84. The SMILES string of the molecule is COc1ccc(-c2nccnc2C(C)CCSNC(=O)c2cc(Cl)cc(C(F)(F)F)c2)nc1. The number of benzene rings is 1. The predicted molar refractivity (Wildman–Crippen MR) is 121 cm³/mol. The molecular weight excluding hydrogens is 477 g/mol. The third-order valence-electron chi connectivity index (χ3n) is 4.71. The molecule has 1 atom stereocenters. The van der Waals surface area contributed by atoms with Crippen molar-refractivity contribution in [1.29, 1.82) is 0 Å². The Morgan fingerprint density at radius 2 is 1.94 bits per heavy atom. The number of carbonyl (C=O) groups excluding carboxylic acids is 1. The standard InChI is InChI=1S/C22H20ClF3N4O2S/c1-13(19-20(28-7-6-27-19)18-4-3-17(32-2)12-29-18)5-8-33-30-21(31)14-9-15(22(24,25)26)11-16(23)10-14/h3-4,6-7,9-13H,5,8H2,1-2H3,(H,30,31). The number of carbonyl (C=O) groups is 1. The molecule has 0 bridgehead atoms. The van der Waals surface area contributed by atoms with Crippen LogP contribution >= 0.6 is 23.5 Å². The molecule has 3 rings (SSSR count).